The van der Waals surface area contributed by atoms with Crippen molar-refractivity contribution in [2.45, 2.75) is 65.2 Å². The first-order chi connectivity index (χ1) is 7.81. The van der Waals surface area contributed by atoms with Crippen LogP contribution in [0.3, 0.4) is 0 Å². The predicted molar refractivity (Wildman–Crippen MR) is 68.4 cm³/mol. The van der Waals surface area contributed by atoms with E-state index in [2.05, 4.69) is 19.9 Å². The zero-order valence-electron chi connectivity index (χ0n) is 10.8. The zero-order valence-corrected chi connectivity index (χ0v) is 10.8. The second-order valence-corrected chi connectivity index (χ2v) is 4.10. The van der Waals surface area contributed by atoms with Crippen LogP contribution in [0.1, 0.15) is 65.2 Å². The molecule has 0 spiro atoms. The van der Waals surface area contributed by atoms with Crippen molar-refractivity contribution in [3.8, 4) is 0 Å². The summed E-state index contributed by atoms with van der Waals surface area (Å²) in [6.45, 7) is 4.87. The summed E-state index contributed by atoms with van der Waals surface area (Å²) in [6, 6.07) is 0. The fourth-order valence-corrected chi connectivity index (χ4v) is 1.38. The van der Waals surface area contributed by atoms with Crippen LogP contribution in [-0.4, -0.2) is 12.6 Å². The molecule has 0 aromatic rings. The summed E-state index contributed by atoms with van der Waals surface area (Å²) in [7, 11) is 0. The fraction of sp³-hybridized carbons (Fsp3) is 0.786. The largest absolute Gasteiger partial charge is 0.465 e. The van der Waals surface area contributed by atoms with Crippen LogP contribution in [0.4, 0.5) is 0 Å². The lowest BCUT2D eigenvalue weighted by atomic mass is 10.1. The number of carbonyl (C=O) groups is 1. The van der Waals surface area contributed by atoms with Gasteiger partial charge in [0.05, 0.1) is 13.0 Å². The monoisotopic (exact) mass is 226 g/mol. The first-order valence-corrected chi connectivity index (χ1v) is 6.61. The Bertz CT molecular complexity index is 185. The Morgan fingerprint density at radius 2 is 1.75 bits per heavy atom. The van der Waals surface area contributed by atoms with E-state index in [1.807, 2.05) is 6.08 Å². The van der Waals surface area contributed by atoms with Crippen molar-refractivity contribution >= 4 is 5.97 Å². The van der Waals surface area contributed by atoms with Gasteiger partial charge in [0.1, 0.15) is 0 Å². The van der Waals surface area contributed by atoms with Gasteiger partial charge in [0.2, 0.25) is 0 Å². The van der Waals surface area contributed by atoms with E-state index in [9.17, 15) is 4.79 Å². The third-order valence-corrected chi connectivity index (χ3v) is 2.44. The highest BCUT2D eigenvalue weighted by atomic mass is 16.5. The number of unbranched alkanes of at least 4 members (excludes halogenated alkanes) is 5. The van der Waals surface area contributed by atoms with Gasteiger partial charge in [-0.25, -0.2) is 0 Å². The molecule has 0 aromatic heterocycles. The van der Waals surface area contributed by atoms with E-state index < -0.39 is 0 Å². The number of allylic oxidation sites excluding steroid dienone is 1. The van der Waals surface area contributed by atoms with Gasteiger partial charge in [-0.15, -0.1) is 0 Å². The first kappa shape index (κ1) is 15.2. The molecular weight excluding hydrogens is 200 g/mol. The van der Waals surface area contributed by atoms with Crippen molar-refractivity contribution in [1.82, 2.24) is 0 Å². The standard InChI is InChI=1S/C14H26O2/c1-3-5-7-8-9-10-11-12-14(15)16-13-6-4-2/h10-11H,3-9,12-13H2,1-2H3/b11-10+. The van der Waals surface area contributed by atoms with Gasteiger partial charge in [0.25, 0.3) is 0 Å². The van der Waals surface area contributed by atoms with E-state index >= 15 is 0 Å². The number of carbonyl (C=O) groups excluding carboxylic acids is 1. The van der Waals surface area contributed by atoms with E-state index in [-0.39, 0.29) is 5.97 Å². The lowest BCUT2D eigenvalue weighted by Crippen LogP contribution is -2.03. The molecule has 16 heavy (non-hydrogen) atoms. The quantitative estimate of drug-likeness (QED) is 0.316. The Balaban J connectivity index is 3.27. The molecular formula is C14H26O2. The topological polar surface area (TPSA) is 26.3 Å². The summed E-state index contributed by atoms with van der Waals surface area (Å²) in [5.41, 5.74) is 0. The molecule has 0 rings (SSSR count). The summed E-state index contributed by atoms with van der Waals surface area (Å²) >= 11 is 0. The summed E-state index contributed by atoms with van der Waals surface area (Å²) in [4.78, 5) is 11.2. The Morgan fingerprint density at radius 3 is 2.44 bits per heavy atom. The van der Waals surface area contributed by atoms with Crippen molar-refractivity contribution in [1.29, 1.82) is 0 Å². The van der Waals surface area contributed by atoms with Crippen LogP contribution in [0.2, 0.25) is 0 Å². The Labute approximate surface area is 100 Å². The fourth-order valence-electron chi connectivity index (χ4n) is 1.38. The Hall–Kier alpha value is -0.790. The molecule has 0 saturated carbocycles. The maximum absolute atomic E-state index is 11.2. The van der Waals surface area contributed by atoms with E-state index in [4.69, 9.17) is 4.74 Å². The molecule has 0 aliphatic carbocycles. The second-order valence-electron chi connectivity index (χ2n) is 4.10. The number of esters is 1. The van der Waals surface area contributed by atoms with Crippen molar-refractivity contribution in [2.75, 3.05) is 6.61 Å². The molecule has 0 radical (unpaired) electrons. The third-order valence-electron chi connectivity index (χ3n) is 2.44. The average Bonchev–Trinajstić information content (AvgIpc) is 2.28. The molecule has 0 aromatic carbocycles. The van der Waals surface area contributed by atoms with Crippen LogP contribution < -0.4 is 0 Å². The molecule has 94 valence electrons. The lowest BCUT2D eigenvalue weighted by molar-refractivity contribution is -0.142. The number of hydrogen-bond acceptors (Lipinski definition) is 2. The van der Waals surface area contributed by atoms with E-state index in [1.165, 1.54) is 25.7 Å². The van der Waals surface area contributed by atoms with Gasteiger partial charge in [-0.2, -0.15) is 0 Å². The molecule has 0 atom stereocenters. The third kappa shape index (κ3) is 11.3. The predicted octanol–water partition coefficient (Wildman–Crippen LogP) is 4.25. The van der Waals surface area contributed by atoms with Gasteiger partial charge in [-0.3, -0.25) is 4.79 Å². The zero-order chi connectivity index (χ0) is 12.1. The number of hydrogen-bond donors (Lipinski definition) is 0. The highest BCUT2D eigenvalue weighted by Crippen LogP contribution is 2.03. The smallest absolute Gasteiger partial charge is 0.309 e. The van der Waals surface area contributed by atoms with Crippen LogP contribution in [0, 0.1) is 0 Å². The van der Waals surface area contributed by atoms with Crippen LogP contribution in [-0.2, 0) is 9.53 Å². The van der Waals surface area contributed by atoms with Gasteiger partial charge in [-0.1, -0.05) is 51.7 Å². The Kier molecular flexibility index (Phi) is 11.7. The van der Waals surface area contributed by atoms with Crippen LogP contribution in [0.15, 0.2) is 12.2 Å². The van der Waals surface area contributed by atoms with Gasteiger partial charge < -0.3 is 4.74 Å². The normalized spacial score (nSPS) is 10.9. The van der Waals surface area contributed by atoms with Gasteiger partial charge in [0.15, 0.2) is 0 Å². The Morgan fingerprint density at radius 1 is 1.00 bits per heavy atom. The van der Waals surface area contributed by atoms with Gasteiger partial charge in [-0.05, 0) is 19.3 Å². The maximum atomic E-state index is 11.2. The average molecular weight is 226 g/mol. The molecule has 2 heteroatoms. The van der Waals surface area contributed by atoms with Crippen molar-refractivity contribution in [3.05, 3.63) is 12.2 Å². The summed E-state index contributed by atoms with van der Waals surface area (Å²) in [6.07, 6.45) is 12.7. The summed E-state index contributed by atoms with van der Waals surface area (Å²) < 4.78 is 5.04. The van der Waals surface area contributed by atoms with Crippen LogP contribution in [0.25, 0.3) is 0 Å². The SMILES string of the molecule is CCCCCC/C=C/CC(=O)OCCCC. The minimum atomic E-state index is -0.0988. The molecule has 2 nitrogen and oxygen atoms in total. The minimum absolute atomic E-state index is 0.0988. The second kappa shape index (κ2) is 12.3. The van der Waals surface area contributed by atoms with E-state index in [0.717, 1.165) is 19.3 Å². The van der Waals surface area contributed by atoms with Crippen molar-refractivity contribution in [3.63, 3.8) is 0 Å². The molecule has 0 fully saturated rings. The maximum Gasteiger partial charge on any atom is 0.309 e. The van der Waals surface area contributed by atoms with Crippen LogP contribution >= 0.6 is 0 Å². The molecule has 0 N–H and O–H groups in total. The number of ether oxygens (including phenoxy) is 1. The first-order valence-electron chi connectivity index (χ1n) is 6.61. The highest BCUT2D eigenvalue weighted by molar-refractivity contribution is 5.71. The van der Waals surface area contributed by atoms with E-state index in [0.29, 0.717) is 13.0 Å². The summed E-state index contributed by atoms with van der Waals surface area (Å²) in [5, 5.41) is 0. The number of rotatable bonds is 10. The molecule has 0 aliphatic heterocycles. The highest BCUT2D eigenvalue weighted by Gasteiger charge is 1.97. The van der Waals surface area contributed by atoms with Gasteiger partial charge in [0, 0.05) is 0 Å². The molecule has 0 amide bonds. The summed E-state index contributed by atoms with van der Waals surface area (Å²) in [5.74, 6) is -0.0988. The van der Waals surface area contributed by atoms with Crippen molar-refractivity contribution in [2.24, 2.45) is 0 Å². The molecule has 0 unspecified atom stereocenters. The molecule has 0 saturated heterocycles. The molecule has 0 bridgehead atoms. The van der Waals surface area contributed by atoms with Crippen molar-refractivity contribution < 1.29 is 9.53 Å². The lowest BCUT2D eigenvalue weighted by Gasteiger charge is -2.00. The molecule has 0 aliphatic rings. The molecule has 0 heterocycles. The minimum Gasteiger partial charge on any atom is -0.465 e. The van der Waals surface area contributed by atoms with Gasteiger partial charge >= 0.3 is 5.97 Å². The van der Waals surface area contributed by atoms with Crippen LogP contribution in [0.5, 0.6) is 0 Å². The van der Waals surface area contributed by atoms with E-state index in [1.54, 1.807) is 0 Å².